The first kappa shape index (κ1) is 16.2. The first-order valence-corrected chi connectivity index (χ1v) is 8.44. The van der Waals surface area contributed by atoms with Crippen molar-refractivity contribution in [3.63, 3.8) is 0 Å². The quantitative estimate of drug-likeness (QED) is 0.825. The van der Waals surface area contributed by atoms with Gasteiger partial charge in [0.25, 0.3) is 0 Å². The first-order chi connectivity index (χ1) is 12.0. The Morgan fingerprint density at radius 3 is 2.76 bits per heavy atom. The van der Waals surface area contributed by atoms with E-state index in [0.717, 1.165) is 43.5 Å². The van der Waals surface area contributed by atoms with Gasteiger partial charge in [0.1, 0.15) is 5.75 Å². The molecule has 0 bridgehead atoms. The molecule has 134 valence electrons. The maximum atomic E-state index is 12.4. The SMILES string of the molecule is FC(F)(F)Oc1ccc2c(c1)CCCN2Cc1nnc(C2CCC2)o1. The predicted molar refractivity (Wildman–Crippen MR) is 83.4 cm³/mol. The zero-order chi connectivity index (χ0) is 17.4. The van der Waals surface area contributed by atoms with E-state index >= 15 is 0 Å². The number of anilines is 1. The van der Waals surface area contributed by atoms with Crippen LogP contribution in [0.1, 0.15) is 48.9 Å². The smallest absolute Gasteiger partial charge is 0.423 e. The molecule has 0 unspecified atom stereocenters. The number of fused-ring (bicyclic) bond motifs is 1. The molecule has 0 atom stereocenters. The van der Waals surface area contributed by atoms with Crippen molar-refractivity contribution in [3.05, 3.63) is 35.5 Å². The lowest BCUT2D eigenvalue weighted by Crippen LogP contribution is -2.29. The van der Waals surface area contributed by atoms with Crippen molar-refractivity contribution in [2.24, 2.45) is 0 Å². The molecule has 0 N–H and O–H groups in total. The van der Waals surface area contributed by atoms with E-state index in [4.69, 9.17) is 4.42 Å². The molecule has 2 aliphatic rings. The fraction of sp³-hybridized carbons (Fsp3) is 0.529. The minimum atomic E-state index is -4.68. The van der Waals surface area contributed by atoms with Crippen LogP contribution in [0.2, 0.25) is 0 Å². The second kappa shape index (κ2) is 6.24. The van der Waals surface area contributed by atoms with Gasteiger partial charge in [-0.25, -0.2) is 0 Å². The summed E-state index contributed by atoms with van der Waals surface area (Å²) in [7, 11) is 0. The molecule has 0 amide bonds. The Labute approximate surface area is 142 Å². The Bertz CT molecular complexity index is 756. The topological polar surface area (TPSA) is 51.4 Å². The standard InChI is InChI=1S/C17H18F3N3O2/c18-17(19,20)25-13-6-7-14-12(9-13)5-2-8-23(14)10-15-21-22-16(24-15)11-3-1-4-11/h6-7,9,11H,1-5,8,10H2. The van der Waals surface area contributed by atoms with Gasteiger partial charge in [-0.3, -0.25) is 0 Å². The Balaban J connectivity index is 1.50. The number of aryl methyl sites for hydroxylation is 1. The van der Waals surface area contributed by atoms with E-state index in [0.29, 0.717) is 24.2 Å². The molecule has 1 aliphatic heterocycles. The average molecular weight is 353 g/mol. The second-order valence-electron chi connectivity index (χ2n) is 6.53. The number of alkyl halides is 3. The molecule has 0 spiro atoms. The Kier molecular flexibility index (Phi) is 4.05. The summed E-state index contributed by atoms with van der Waals surface area (Å²) in [5, 5.41) is 8.25. The van der Waals surface area contributed by atoms with Crippen molar-refractivity contribution in [2.45, 2.75) is 50.9 Å². The van der Waals surface area contributed by atoms with Crippen LogP contribution in [0.5, 0.6) is 5.75 Å². The third kappa shape index (κ3) is 3.57. The van der Waals surface area contributed by atoms with Crippen LogP contribution in [0.15, 0.2) is 22.6 Å². The largest absolute Gasteiger partial charge is 0.573 e. The number of hydrogen-bond donors (Lipinski definition) is 0. The van der Waals surface area contributed by atoms with Crippen LogP contribution in [0.3, 0.4) is 0 Å². The van der Waals surface area contributed by atoms with Crippen LogP contribution >= 0.6 is 0 Å². The molecule has 0 saturated heterocycles. The van der Waals surface area contributed by atoms with Gasteiger partial charge in [0.15, 0.2) is 0 Å². The van der Waals surface area contributed by atoms with E-state index in [1.807, 2.05) is 0 Å². The molecule has 1 aromatic heterocycles. The molecule has 8 heteroatoms. The Morgan fingerprint density at radius 2 is 2.04 bits per heavy atom. The maximum Gasteiger partial charge on any atom is 0.573 e. The molecule has 1 aliphatic carbocycles. The lowest BCUT2D eigenvalue weighted by molar-refractivity contribution is -0.274. The summed E-state index contributed by atoms with van der Waals surface area (Å²) in [6.45, 7) is 1.26. The van der Waals surface area contributed by atoms with Gasteiger partial charge in [-0.2, -0.15) is 0 Å². The second-order valence-corrected chi connectivity index (χ2v) is 6.53. The monoisotopic (exact) mass is 353 g/mol. The van der Waals surface area contributed by atoms with Crippen LogP contribution in [-0.4, -0.2) is 23.1 Å². The molecule has 1 fully saturated rings. The van der Waals surface area contributed by atoms with Crippen LogP contribution in [0.25, 0.3) is 0 Å². The van der Waals surface area contributed by atoms with Crippen molar-refractivity contribution in [3.8, 4) is 5.75 Å². The van der Waals surface area contributed by atoms with Gasteiger partial charge < -0.3 is 14.1 Å². The number of hydrogen-bond acceptors (Lipinski definition) is 5. The molecule has 2 aromatic rings. The highest BCUT2D eigenvalue weighted by Gasteiger charge is 2.32. The molecular weight excluding hydrogens is 335 g/mol. The first-order valence-electron chi connectivity index (χ1n) is 8.44. The maximum absolute atomic E-state index is 12.4. The van der Waals surface area contributed by atoms with Crippen LogP contribution in [0.4, 0.5) is 18.9 Å². The van der Waals surface area contributed by atoms with Crippen molar-refractivity contribution in [1.82, 2.24) is 10.2 Å². The lowest BCUT2D eigenvalue weighted by atomic mass is 9.85. The van der Waals surface area contributed by atoms with Gasteiger partial charge in [0.05, 0.1) is 6.54 Å². The molecular formula is C17H18F3N3O2. The number of ether oxygens (including phenoxy) is 1. The normalized spacial score (nSPS) is 18.0. The third-order valence-corrected chi connectivity index (χ3v) is 4.76. The van der Waals surface area contributed by atoms with Crippen molar-refractivity contribution >= 4 is 5.69 Å². The minimum Gasteiger partial charge on any atom is -0.423 e. The average Bonchev–Trinajstić information content (AvgIpc) is 2.92. The van der Waals surface area contributed by atoms with E-state index in [1.165, 1.54) is 18.6 Å². The Hall–Kier alpha value is -2.25. The molecule has 2 heterocycles. The van der Waals surface area contributed by atoms with Crippen LogP contribution in [-0.2, 0) is 13.0 Å². The summed E-state index contributed by atoms with van der Waals surface area (Å²) in [4.78, 5) is 2.06. The van der Waals surface area contributed by atoms with E-state index in [-0.39, 0.29) is 5.75 Å². The van der Waals surface area contributed by atoms with Gasteiger partial charge in [-0.15, -0.1) is 23.4 Å². The zero-order valence-corrected chi connectivity index (χ0v) is 13.6. The fourth-order valence-corrected chi connectivity index (χ4v) is 3.33. The molecule has 1 aromatic carbocycles. The van der Waals surface area contributed by atoms with E-state index < -0.39 is 6.36 Å². The number of halogens is 3. The highest BCUT2D eigenvalue weighted by Crippen LogP contribution is 2.36. The number of benzene rings is 1. The third-order valence-electron chi connectivity index (χ3n) is 4.76. The van der Waals surface area contributed by atoms with Gasteiger partial charge in [-0.1, -0.05) is 6.42 Å². The zero-order valence-electron chi connectivity index (χ0n) is 13.6. The molecule has 25 heavy (non-hydrogen) atoms. The van der Waals surface area contributed by atoms with Crippen molar-refractivity contribution < 1.29 is 22.3 Å². The summed E-state index contributed by atoms with van der Waals surface area (Å²) in [5.41, 5.74) is 1.73. The number of rotatable bonds is 4. The number of nitrogens with zero attached hydrogens (tertiary/aromatic N) is 3. The lowest BCUT2D eigenvalue weighted by Gasteiger charge is -2.30. The number of aromatic nitrogens is 2. The van der Waals surface area contributed by atoms with Gasteiger partial charge >= 0.3 is 6.36 Å². The predicted octanol–water partition coefficient (Wildman–Crippen LogP) is 4.19. The molecule has 5 nitrogen and oxygen atoms in total. The molecule has 1 saturated carbocycles. The summed E-state index contributed by atoms with van der Waals surface area (Å²) in [6, 6.07) is 4.47. The fourth-order valence-electron chi connectivity index (χ4n) is 3.33. The van der Waals surface area contributed by atoms with Crippen molar-refractivity contribution in [1.29, 1.82) is 0 Å². The highest BCUT2D eigenvalue weighted by molar-refractivity contribution is 5.58. The summed E-state index contributed by atoms with van der Waals surface area (Å²) in [5.74, 6) is 1.45. The Morgan fingerprint density at radius 1 is 1.20 bits per heavy atom. The van der Waals surface area contributed by atoms with E-state index in [9.17, 15) is 13.2 Å². The summed E-state index contributed by atoms with van der Waals surface area (Å²) < 4.78 is 46.9. The summed E-state index contributed by atoms with van der Waals surface area (Å²) >= 11 is 0. The van der Waals surface area contributed by atoms with Gasteiger partial charge in [-0.05, 0) is 49.4 Å². The minimum absolute atomic E-state index is 0.182. The van der Waals surface area contributed by atoms with Crippen LogP contribution < -0.4 is 9.64 Å². The molecule has 0 radical (unpaired) electrons. The van der Waals surface area contributed by atoms with E-state index in [1.54, 1.807) is 6.07 Å². The van der Waals surface area contributed by atoms with Gasteiger partial charge in [0, 0.05) is 18.2 Å². The molecule has 4 rings (SSSR count). The highest BCUT2D eigenvalue weighted by atomic mass is 19.4. The van der Waals surface area contributed by atoms with Crippen LogP contribution in [0, 0.1) is 0 Å². The van der Waals surface area contributed by atoms with E-state index in [2.05, 4.69) is 19.8 Å². The summed E-state index contributed by atoms with van der Waals surface area (Å²) in [6.07, 6.45) is 0.283. The van der Waals surface area contributed by atoms with Crippen molar-refractivity contribution in [2.75, 3.05) is 11.4 Å². The van der Waals surface area contributed by atoms with Gasteiger partial charge in [0.2, 0.25) is 11.8 Å².